The minimum atomic E-state index is 0.406. The molecule has 1 atom stereocenters. The molecule has 1 aromatic carbocycles. The quantitative estimate of drug-likeness (QED) is 0.900. The molecule has 1 aliphatic heterocycles. The molecule has 1 unspecified atom stereocenters. The first-order chi connectivity index (χ1) is 8.93. The summed E-state index contributed by atoms with van der Waals surface area (Å²) in [4.78, 5) is 4.10. The molecule has 4 heteroatoms. The minimum absolute atomic E-state index is 0.406. The van der Waals surface area contributed by atoms with Crippen molar-refractivity contribution in [1.29, 1.82) is 0 Å². The number of anilines is 1. The van der Waals surface area contributed by atoms with E-state index in [-0.39, 0.29) is 0 Å². The van der Waals surface area contributed by atoms with Crippen LogP contribution in [0.2, 0.25) is 0 Å². The second-order valence-corrected chi connectivity index (χ2v) is 4.55. The van der Waals surface area contributed by atoms with E-state index in [9.17, 15) is 0 Å². The summed E-state index contributed by atoms with van der Waals surface area (Å²) < 4.78 is 7.52. The summed E-state index contributed by atoms with van der Waals surface area (Å²) in [5.74, 6) is 0. The van der Waals surface area contributed by atoms with Crippen molar-refractivity contribution in [3.05, 3.63) is 43.0 Å². The van der Waals surface area contributed by atoms with Gasteiger partial charge in [-0.2, -0.15) is 0 Å². The Kier molecular flexibility index (Phi) is 3.28. The van der Waals surface area contributed by atoms with E-state index in [1.165, 1.54) is 0 Å². The molecule has 0 saturated carbocycles. The molecule has 1 aromatic heterocycles. The highest BCUT2D eigenvalue weighted by Gasteiger charge is 2.15. The number of imidazole rings is 1. The van der Waals surface area contributed by atoms with Gasteiger partial charge in [0.05, 0.1) is 24.3 Å². The predicted molar refractivity (Wildman–Crippen MR) is 71.0 cm³/mol. The van der Waals surface area contributed by atoms with Crippen LogP contribution in [-0.2, 0) is 4.74 Å². The largest absolute Gasteiger partial charge is 0.379 e. The molecule has 2 heterocycles. The first-order valence-corrected chi connectivity index (χ1v) is 6.35. The number of hydrogen-bond donors (Lipinski definition) is 1. The van der Waals surface area contributed by atoms with Crippen LogP contribution in [-0.4, -0.2) is 28.8 Å². The SMILES string of the molecule is c1ccc(-n2ccnc2)c(NC2CCCOC2)c1. The second-order valence-electron chi connectivity index (χ2n) is 4.55. The summed E-state index contributed by atoms with van der Waals surface area (Å²) >= 11 is 0. The van der Waals surface area contributed by atoms with Gasteiger partial charge in [0, 0.05) is 25.0 Å². The maximum absolute atomic E-state index is 5.50. The normalized spacial score (nSPS) is 19.7. The van der Waals surface area contributed by atoms with Crippen LogP contribution in [0.15, 0.2) is 43.0 Å². The lowest BCUT2D eigenvalue weighted by atomic mass is 10.1. The number of para-hydroxylation sites is 2. The van der Waals surface area contributed by atoms with Crippen LogP contribution in [0.4, 0.5) is 5.69 Å². The van der Waals surface area contributed by atoms with Crippen LogP contribution in [0, 0.1) is 0 Å². The molecule has 1 aliphatic rings. The zero-order chi connectivity index (χ0) is 12.2. The Morgan fingerprint density at radius 2 is 2.28 bits per heavy atom. The Morgan fingerprint density at radius 1 is 1.33 bits per heavy atom. The number of ether oxygens (including phenoxy) is 1. The van der Waals surface area contributed by atoms with Crippen LogP contribution in [0.1, 0.15) is 12.8 Å². The standard InChI is InChI=1S/C14H17N3O/c1-2-6-14(17-8-7-15-11-17)13(5-1)16-12-4-3-9-18-10-12/h1-2,5-8,11-12,16H,3-4,9-10H2. The Morgan fingerprint density at radius 3 is 3.06 bits per heavy atom. The first-order valence-electron chi connectivity index (χ1n) is 6.35. The van der Waals surface area contributed by atoms with Gasteiger partial charge in [0.1, 0.15) is 0 Å². The number of aromatic nitrogens is 2. The third-order valence-corrected chi connectivity index (χ3v) is 3.21. The molecule has 94 valence electrons. The van der Waals surface area contributed by atoms with Crippen LogP contribution < -0.4 is 5.32 Å². The Bertz CT molecular complexity index is 490. The fourth-order valence-electron chi connectivity index (χ4n) is 2.30. The first kappa shape index (κ1) is 11.3. The van der Waals surface area contributed by atoms with E-state index >= 15 is 0 Å². The van der Waals surface area contributed by atoms with Gasteiger partial charge in [-0.05, 0) is 25.0 Å². The van der Waals surface area contributed by atoms with E-state index in [0.29, 0.717) is 6.04 Å². The predicted octanol–water partition coefficient (Wildman–Crippen LogP) is 2.46. The molecule has 1 fully saturated rings. The molecule has 0 bridgehead atoms. The Balaban J connectivity index is 1.83. The van der Waals surface area contributed by atoms with E-state index < -0.39 is 0 Å². The molecular weight excluding hydrogens is 226 g/mol. The molecule has 3 rings (SSSR count). The smallest absolute Gasteiger partial charge is 0.0992 e. The van der Waals surface area contributed by atoms with Gasteiger partial charge in [0.2, 0.25) is 0 Å². The molecule has 0 amide bonds. The zero-order valence-corrected chi connectivity index (χ0v) is 10.2. The van der Waals surface area contributed by atoms with Crippen LogP contribution in [0.25, 0.3) is 5.69 Å². The van der Waals surface area contributed by atoms with Crippen molar-refractivity contribution >= 4 is 5.69 Å². The van der Waals surface area contributed by atoms with E-state index in [4.69, 9.17) is 4.74 Å². The molecule has 4 nitrogen and oxygen atoms in total. The van der Waals surface area contributed by atoms with Crippen molar-refractivity contribution in [2.75, 3.05) is 18.5 Å². The number of nitrogens with one attached hydrogen (secondary N) is 1. The van der Waals surface area contributed by atoms with Gasteiger partial charge in [-0.1, -0.05) is 12.1 Å². The molecule has 0 radical (unpaired) electrons. The highest BCUT2D eigenvalue weighted by molar-refractivity contribution is 5.61. The van der Waals surface area contributed by atoms with Crippen LogP contribution in [0.5, 0.6) is 0 Å². The molecule has 0 spiro atoms. The lowest BCUT2D eigenvalue weighted by Gasteiger charge is -2.25. The van der Waals surface area contributed by atoms with E-state index in [1.54, 1.807) is 6.20 Å². The summed E-state index contributed by atoms with van der Waals surface area (Å²) in [7, 11) is 0. The Hall–Kier alpha value is -1.81. The van der Waals surface area contributed by atoms with E-state index in [0.717, 1.165) is 37.4 Å². The lowest BCUT2D eigenvalue weighted by molar-refractivity contribution is 0.0876. The van der Waals surface area contributed by atoms with Crippen LogP contribution in [0.3, 0.4) is 0 Å². The molecule has 18 heavy (non-hydrogen) atoms. The lowest BCUT2D eigenvalue weighted by Crippen LogP contribution is -2.30. The second kappa shape index (κ2) is 5.23. The average molecular weight is 243 g/mol. The number of hydrogen-bond acceptors (Lipinski definition) is 3. The molecule has 2 aromatic rings. The maximum Gasteiger partial charge on any atom is 0.0992 e. The zero-order valence-electron chi connectivity index (χ0n) is 10.2. The molecule has 1 saturated heterocycles. The maximum atomic E-state index is 5.50. The van der Waals surface area contributed by atoms with Crippen molar-refractivity contribution in [3.8, 4) is 5.69 Å². The van der Waals surface area contributed by atoms with Crippen molar-refractivity contribution in [3.63, 3.8) is 0 Å². The van der Waals surface area contributed by atoms with Gasteiger partial charge < -0.3 is 14.6 Å². The van der Waals surface area contributed by atoms with Gasteiger partial charge in [-0.25, -0.2) is 4.98 Å². The summed E-state index contributed by atoms with van der Waals surface area (Å²) in [5.41, 5.74) is 2.26. The van der Waals surface area contributed by atoms with Crippen molar-refractivity contribution < 1.29 is 4.74 Å². The van der Waals surface area contributed by atoms with Crippen molar-refractivity contribution in [1.82, 2.24) is 9.55 Å². The highest BCUT2D eigenvalue weighted by atomic mass is 16.5. The van der Waals surface area contributed by atoms with E-state index in [2.05, 4.69) is 22.4 Å². The highest BCUT2D eigenvalue weighted by Crippen LogP contribution is 2.22. The summed E-state index contributed by atoms with van der Waals surface area (Å²) in [6, 6.07) is 8.69. The van der Waals surface area contributed by atoms with Gasteiger partial charge in [0.15, 0.2) is 0 Å². The van der Waals surface area contributed by atoms with Crippen molar-refractivity contribution in [2.45, 2.75) is 18.9 Å². The third kappa shape index (κ3) is 2.38. The third-order valence-electron chi connectivity index (χ3n) is 3.21. The molecular formula is C14H17N3O. The van der Waals surface area contributed by atoms with Gasteiger partial charge in [-0.3, -0.25) is 0 Å². The van der Waals surface area contributed by atoms with Gasteiger partial charge in [0.25, 0.3) is 0 Å². The fraction of sp³-hybridized carbons (Fsp3) is 0.357. The summed E-state index contributed by atoms with van der Waals surface area (Å²) in [6.07, 6.45) is 7.86. The van der Waals surface area contributed by atoms with Crippen molar-refractivity contribution in [2.24, 2.45) is 0 Å². The topological polar surface area (TPSA) is 39.1 Å². The average Bonchev–Trinajstić information content (AvgIpc) is 2.94. The summed E-state index contributed by atoms with van der Waals surface area (Å²) in [6.45, 7) is 1.68. The summed E-state index contributed by atoms with van der Waals surface area (Å²) in [5, 5.41) is 3.56. The molecule has 0 aliphatic carbocycles. The molecule has 1 N–H and O–H groups in total. The van der Waals surface area contributed by atoms with Gasteiger partial charge in [-0.15, -0.1) is 0 Å². The van der Waals surface area contributed by atoms with E-state index in [1.807, 2.05) is 29.2 Å². The number of rotatable bonds is 3. The van der Waals surface area contributed by atoms with Crippen LogP contribution >= 0.6 is 0 Å². The minimum Gasteiger partial charge on any atom is -0.379 e. The number of benzene rings is 1. The fourth-order valence-corrected chi connectivity index (χ4v) is 2.30. The number of nitrogens with zero attached hydrogens (tertiary/aromatic N) is 2. The Labute approximate surface area is 107 Å². The monoisotopic (exact) mass is 243 g/mol. The van der Waals surface area contributed by atoms with Gasteiger partial charge >= 0.3 is 0 Å².